The van der Waals surface area contributed by atoms with Gasteiger partial charge in [-0.15, -0.1) is 0 Å². The summed E-state index contributed by atoms with van der Waals surface area (Å²) in [5.41, 5.74) is 2.17. The van der Waals surface area contributed by atoms with Crippen molar-refractivity contribution >= 4 is 44.9 Å². The Morgan fingerprint density at radius 1 is 0.933 bits per heavy atom. The summed E-state index contributed by atoms with van der Waals surface area (Å²) in [6, 6.07) is 20.5. The lowest BCUT2D eigenvalue weighted by molar-refractivity contribution is 0.0472. The Kier molecular flexibility index (Phi) is 7.02. The van der Waals surface area contributed by atoms with Crippen LogP contribution in [0.2, 0.25) is 10.0 Å². The SMILES string of the molecule is CS(=O)(=O)N(Cc1cccc(Cl)c1Cl)c1ccc(C(=O)OCc2ccccc2)cc1. The Hall–Kier alpha value is -2.54. The average molecular weight is 464 g/mol. The first kappa shape index (κ1) is 22.2. The lowest BCUT2D eigenvalue weighted by Crippen LogP contribution is -2.29. The minimum atomic E-state index is -3.61. The van der Waals surface area contributed by atoms with Crippen molar-refractivity contribution in [2.24, 2.45) is 0 Å². The standard InChI is InChI=1S/C22H19Cl2NO4S/c1-30(27,28)25(14-18-8-5-9-20(23)21(18)24)19-12-10-17(11-13-19)22(26)29-15-16-6-3-2-4-7-16/h2-13H,14-15H2,1H3. The second-order valence-corrected chi connectivity index (χ2v) is 9.28. The molecule has 0 saturated heterocycles. The fourth-order valence-corrected chi connectivity index (χ4v) is 4.05. The Morgan fingerprint density at radius 3 is 2.23 bits per heavy atom. The van der Waals surface area contributed by atoms with E-state index < -0.39 is 16.0 Å². The van der Waals surface area contributed by atoms with Gasteiger partial charge in [0, 0.05) is 0 Å². The predicted octanol–water partition coefficient (Wildman–Crippen LogP) is 5.32. The molecule has 0 heterocycles. The summed E-state index contributed by atoms with van der Waals surface area (Å²) in [5, 5.41) is 0.646. The van der Waals surface area contributed by atoms with Crippen molar-refractivity contribution < 1.29 is 17.9 Å². The number of hydrogen-bond donors (Lipinski definition) is 0. The van der Waals surface area contributed by atoms with Crippen LogP contribution in [0.5, 0.6) is 0 Å². The van der Waals surface area contributed by atoms with Gasteiger partial charge >= 0.3 is 5.97 Å². The highest BCUT2D eigenvalue weighted by Gasteiger charge is 2.20. The van der Waals surface area contributed by atoms with Crippen LogP contribution in [0.1, 0.15) is 21.5 Å². The second kappa shape index (κ2) is 9.51. The molecule has 0 bridgehead atoms. The molecule has 3 rings (SSSR count). The van der Waals surface area contributed by atoms with Crippen LogP contribution < -0.4 is 4.31 Å². The van der Waals surface area contributed by atoms with Crippen LogP contribution in [0.3, 0.4) is 0 Å². The second-order valence-electron chi connectivity index (χ2n) is 6.59. The quantitative estimate of drug-likeness (QED) is 0.445. The summed E-state index contributed by atoms with van der Waals surface area (Å²) in [6.45, 7) is 0.167. The number of rotatable bonds is 7. The molecular weight excluding hydrogens is 445 g/mol. The lowest BCUT2D eigenvalue weighted by atomic mass is 10.2. The fraction of sp³-hybridized carbons (Fsp3) is 0.136. The number of ether oxygens (including phenoxy) is 1. The van der Waals surface area contributed by atoms with Crippen LogP contribution in [-0.4, -0.2) is 20.6 Å². The highest BCUT2D eigenvalue weighted by Crippen LogP contribution is 2.29. The molecule has 0 aliphatic carbocycles. The van der Waals surface area contributed by atoms with Gasteiger partial charge in [-0.3, -0.25) is 4.31 Å². The monoisotopic (exact) mass is 463 g/mol. The zero-order chi connectivity index (χ0) is 21.7. The molecule has 0 spiro atoms. The zero-order valence-corrected chi connectivity index (χ0v) is 18.4. The van der Waals surface area contributed by atoms with Gasteiger partial charge in [-0.25, -0.2) is 13.2 Å². The van der Waals surface area contributed by atoms with Crippen molar-refractivity contribution in [1.82, 2.24) is 0 Å². The summed E-state index contributed by atoms with van der Waals surface area (Å²) in [4.78, 5) is 12.3. The van der Waals surface area contributed by atoms with E-state index in [4.69, 9.17) is 27.9 Å². The maximum absolute atomic E-state index is 12.4. The maximum atomic E-state index is 12.4. The van der Waals surface area contributed by atoms with E-state index in [2.05, 4.69) is 0 Å². The van der Waals surface area contributed by atoms with E-state index in [0.717, 1.165) is 11.8 Å². The third-order valence-electron chi connectivity index (χ3n) is 4.35. The number of halogens is 2. The Bertz CT molecular complexity index is 1130. The maximum Gasteiger partial charge on any atom is 0.338 e. The van der Waals surface area contributed by atoms with Gasteiger partial charge in [0.25, 0.3) is 0 Å². The summed E-state index contributed by atoms with van der Waals surface area (Å²) >= 11 is 12.2. The predicted molar refractivity (Wildman–Crippen MR) is 119 cm³/mol. The van der Waals surface area contributed by atoms with Crippen LogP contribution in [0.15, 0.2) is 72.8 Å². The number of carbonyl (C=O) groups excluding carboxylic acids is 1. The Morgan fingerprint density at radius 2 is 1.60 bits per heavy atom. The topological polar surface area (TPSA) is 63.7 Å². The summed E-state index contributed by atoms with van der Waals surface area (Å²) in [5.74, 6) is -0.491. The lowest BCUT2D eigenvalue weighted by Gasteiger charge is -2.23. The van der Waals surface area contributed by atoms with E-state index in [0.29, 0.717) is 26.9 Å². The molecule has 0 atom stereocenters. The van der Waals surface area contributed by atoms with Crippen LogP contribution in [-0.2, 0) is 27.9 Å². The number of nitrogens with zero attached hydrogens (tertiary/aromatic N) is 1. The van der Waals surface area contributed by atoms with Gasteiger partial charge in [0.05, 0.1) is 34.1 Å². The first-order chi connectivity index (χ1) is 14.3. The van der Waals surface area contributed by atoms with E-state index in [9.17, 15) is 13.2 Å². The Balaban J connectivity index is 1.77. The molecule has 5 nitrogen and oxygen atoms in total. The minimum Gasteiger partial charge on any atom is -0.457 e. The molecule has 0 radical (unpaired) electrons. The van der Waals surface area contributed by atoms with Gasteiger partial charge in [-0.2, -0.15) is 0 Å². The van der Waals surface area contributed by atoms with Crippen molar-refractivity contribution in [2.45, 2.75) is 13.2 Å². The number of hydrogen-bond acceptors (Lipinski definition) is 4. The highest BCUT2D eigenvalue weighted by molar-refractivity contribution is 7.92. The van der Waals surface area contributed by atoms with Crippen LogP contribution in [0.4, 0.5) is 5.69 Å². The number of sulfonamides is 1. The van der Waals surface area contributed by atoms with Gasteiger partial charge in [0.1, 0.15) is 6.61 Å². The molecule has 3 aromatic rings. The van der Waals surface area contributed by atoms with E-state index in [1.807, 2.05) is 30.3 Å². The number of carbonyl (C=O) groups is 1. The molecule has 0 fully saturated rings. The molecule has 156 valence electrons. The molecule has 0 aliphatic rings. The van der Waals surface area contributed by atoms with Crippen LogP contribution >= 0.6 is 23.2 Å². The molecule has 0 aliphatic heterocycles. The average Bonchev–Trinajstić information content (AvgIpc) is 2.73. The highest BCUT2D eigenvalue weighted by atomic mass is 35.5. The molecule has 30 heavy (non-hydrogen) atoms. The van der Waals surface area contributed by atoms with Gasteiger partial charge in [-0.05, 0) is 41.5 Å². The van der Waals surface area contributed by atoms with Crippen LogP contribution in [0.25, 0.3) is 0 Å². The number of anilines is 1. The van der Waals surface area contributed by atoms with E-state index in [-0.39, 0.29) is 13.2 Å². The van der Waals surface area contributed by atoms with E-state index >= 15 is 0 Å². The third-order valence-corrected chi connectivity index (χ3v) is 6.35. The first-order valence-electron chi connectivity index (χ1n) is 8.97. The number of esters is 1. The molecule has 0 saturated carbocycles. The minimum absolute atomic E-state index is 0.00995. The van der Waals surface area contributed by atoms with Crippen molar-refractivity contribution in [3.8, 4) is 0 Å². The fourth-order valence-electron chi connectivity index (χ4n) is 2.80. The molecule has 3 aromatic carbocycles. The smallest absolute Gasteiger partial charge is 0.338 e. The first-order valence-corrected chi connectivity index (χ1v) is 11.6. The Labute approximate surface area is 185 Å². The molecule has 0 N–H and O–H groups in total. The third kappa shape index (κ3) is 5.53. The summed E-state index contributed by atoms with van der Waals surface area (Å²) < 4.78 is 31.2. The summed E-state index contributed by atoms with van der Waals surface area (Å²) in [6.07, 6.45) is 1.10. The van der Waals surface area contributed by atoms with Crippen molar-refractivity contribution in [3.63, 3.8) is 0 Å². The molecule has 0 aromatic heterocycles. The molecular formula is C22H19Cl2NO4S. The van der Waals surface area contributed by atoms with Gasteiger partial charge in [0.15, 0.2) is 0 Å². The summed E-state index contributed by atoms with van der Waals surface area (Å²) in [7, 11) is -3.61. The molecule has 0 unspecified atom stereocenters. The van der Waals surface area contributed by atoms with E-state index in [1.165, 1.54) is 16.4 Å². The van der Waals surface area contributed by atoms with Crippen LogP contribution in [0, 0.1) is 0 Å². The molecule has 8 heteroatoms. The molecule has 0 amide bonds. The van der Waals surface area contributed by atoms with E-state index in [1.54, 1.807) is 30.3 Å². The number of benzene rings is 3. The largest absolute Gasteiger partial charge is 0.457 e. The normalized spacial score (nSPS) is 11.2. The van der Waals surface area contributed by atoms with Crippen molar-refractivity contribution in [1.29, 1.82) is 0 Å². The van der Waals surface area contributed by atoms with Crippen molar-refractivity contribution in [3.05, 3.63) is 99.5 Å². The van der Waals surface area contributed by atoms with Gasteiger partial charge < -0.3 is 4.74 Å². The van der Waals surface area contributed by atoms with Crippen molar-refractivity contribution in [2.75, 3.05) is 10.6 Å². The zero-order valence-electron chi connectivity index (χ0n) is 16.1. The van der Waals surface area contributed by atoms with Gasteiger partial charge in [0.2, 0.25) is 10.0 Å². The van der Waals surface area contributed by atoms with Gasteiger partial charge in [-0.1, -0.05) is 65.7 Å².